The van der Waals surface area contributed by atoms with Crippen LogP contribution in [0.25, 0.3) is 11.0 Å². The van der Waals surface area contributed by atoms with Gasteiger partial charge in [-0.25, -0.2) is 9.97 Å². The van der Waals surface area contributed by atoms with Crippen LogP contribution in [0.3, 0.4) is 0 Å². The van der Waals surface area contributed by atoms with E-state index >= 15 is 0 Å². The summed E-state index contributed by atoms with van der Waals surface area (Å²) in [5.41, 5.74) is 2.82. The molecule has 0 radical (unpaired) electrons. The molecule has 138 valence electrons. The van der Waals surface area contributed by atoms with Crippen molar-refractivity contribution in [2.45, 2.75) is 32.1 Å². The van der Waals surface area contributed by atoms with E-state index < -0.39 is 0 Å². The lowest BCUT2D eigenvalue weighted by molar-refractivity contribution is -0.116. The van der Waals surface area contributed by atoms with Gasteiger partial charge in [0.1, 0.15) is 0 Å². The molecule has 3 aromatic rings. The van der Waals surface area contributed by atoms with E-state index in [2.05, 4.69) is 29.3 Å². The van der Waals surface area contributed by atoms with Crippen molar-refractivity contribution in [3.8, 4) is 0 Å². The standard InChI is InChI=1S/C22H24N4O/c1-16(17-9-3-2-4-10-17)15-20(27)25-21-22(26-13-7-8-14-26)24-19-12-6-5-11-18(19)23-21/h2-6,9-12,16H,7-8,13-15H2,1H3,(H,23,25,27). The quantitative estimate of drug-likeness (QED) is 0.734. The highest BCUT2D eigenvalue weighted by Gasteiger charge is 2.21. The number of carbonyl (C=O) groups excluding carboxylic acids is 1. The molecule has 2 heterocycles. The van der Waals surface area contributed by atoms with Gasteiger partial charge in [-0.15, -0.1) is 0 Å². The third-order valence-corrected chi connectivity index (χ3v) is 5.08. The number of benzene rings is 2. The van der Waals surface area contributed by atoms with Gasteiger partial charge in [-0.05, 0) is 36.5 Å². The van der Waals surface area contributed by atoms with Gasteiger partial charge >= 0.3 is 0 Å². The predicted octanol–water partition coefficient (Wildman–Crippen LogP) is 4.36. The van der Waals surface area contributed by atoms with Crippen LogP contribution in [0.4, 0.5) is 11.6 Å². The second kappa shape index (κ2) is 7.74. The van der Waals surface area contributed by atoms with Gasteiger partial charge < -0.3 is 10.2 Å². The summed E-state index contributed by atoms with van der Waals surface area (Å²) >= 11 is 0. The molecule has 0 spiro atoms. The summed E-state index contributed by atoms with van der Waals surface area (Å²) in [6, 6.07) is 17.9. The second-order valence-corrected chi connectivity index (χ2v) is 7.14. The van der Waals surface area contributed by atoms with Crippen molar-refractivity contribution in [3.63, 3.8) is 0 Å². The molecule has 4 rings (SSSR count). The second-order valence-electron chi connectivity index (χ2n) is 7.14. The highest BCUT2D eigenvalue weighted by molar-refractivity contribution is 5.94. The highest BCUT2D eigenvalue weighted by Crippen LogP contribution is 2.28. The van der Waals surface area contributed by atoms with Crippen LogP contribution in [0.15, 0.2) is 54.6 Å². The first-order valence-corrected chi connectivity index (χ1v) is 9.57. The minimum Gasteiger partial charge on any atom is -0.354 e. The monoisotopic (exact) mass is 360 g/mol. The number of hydrogen-bond acceptors (Lipinski definition) is 4. The van der Waals surface area contributed by atoms with E-state index in [0.29, 0.717) is 12.2 Å². The highest BCUT2D eigenvalue weighted by atomic mass is 16.1. The Morgan fingerprint density at radius 3 is 2.33 bits per heavy atom. The zero-order valence-electron chi connectivity index (χ0n) is 15.6. The smallest absolute Gasteiger partial charge is 0.226 e. The summed E-state index contributed by atoms with van der Waals surface area (Å²) in [6.07, 6.45) is 2.71. The van der Waals surface area contributed by atoms with Crippen LogP contribution in [0, 0.1) is 0 Å². The zero-order valence-corrected chi connectivity index (χ0v) is 15.6. The number of nitrogens with one attached hydrogen (secondary N) is 1. The maximum Gasteiger partial charge on any atom is 0.226 e. The van der Waals surface area contributed by atoms with Crippen LogP contribution in [0.1, 0.15) is 37.7 Å². The van der Waals surface area contributed by atoms with Gasteiger partial charge in [0.05, 0.1) is 11.0 Å². The summed E-state index contributed by atoms with van der Waals surface area (Å²) in [5.74, 6) is 1.47. The third kappa shape index (κ3) is 3.92. The summed E-state index contributed by atoms with van der Waals surface area (Å²) in [6.45, 7) is 3.98. The lowest BCUT2D eigenvalue weighted by Gasteiger charge is -2.20. The molecule has 1 aliphatic heterocycles. The fourth-order valence-corrected chi connectivity index (χ4v) is 3.58. The molecule has 0 bridgehead atoms. The van der Waals surface area contributed by atoms with Crippen LogP contribution in [-0.2, 0) is 4.79 Å². The Morgan fingerprint density at radius 2 is 1.63 bits per heavy atom. The molecule has 1 saturated heterocycles. The van der Waals surface area contributed by atoms with Crippen molar-refractivity contribution in [1.82, 2.24) is 9.97 Å². The molecular weight excluding hydrogens is 336 g/mol. The molecular formula is C22H24N4O. The molecule has 1 fully saturated rings. The Balaban J connectivity index is 1.58. The molecule has 5 nitrogen and oxygen atoms in total. The van der Waals surface area contributed by atoms with Gasteiger partial charge in [0.15, 0.2) is 11.6 Å². The Kier molecular flexibility index (Phi) is 5.01. The summed E-state index contributed by atoms with van der Waals surface area (Å²) < 4.78 is 0. The van der Waals surface area contributed by atoms with Crippen LogP contribution < -0.4 is 10.2 Å². The fourth-order valence-electron chi connectivity index (χ4n) is 3.58. The van der Waals surface area contributed by atoms with Crippen molar-refractivity contribution < 1.29 is 4.79 Å². The Bertz CT molecular complexity index is 935. The van der Waals surface area contributed by atoms with Gasteiger partial charge in [0, 0.05) is 19.5 Å². The maximum absolute atomic E-state index is 12.7. The van der Waals surface area contributed by atoms with Crippen LogP contribution in [-0.4, -0.2) is 29.0 Å². The Hall–Kier alpha value is -2.95. The lowest BCUT2D eigenvalue weighted by atomic mass is 9.98. The summed E-state index contributed by atoms with van der Waals surface area (Å²) in [7, 11) is 0. The number of fused-ring (bicyclic) bond motifs is 1. The first-order chi connectivity index (χ1) is 13.2. The largest absolute Gasteiger partial charge is 0.354 e. The number of rotatable bonds is 5. The van der Waals surface area contributed by atoms with E-state index in [9.17, 15) is 4.79 Å². The number of carbonyl (C=O) groups is 1. The molecule has 1 atom stereocenters. The number of amides is 1. The first kappa shape index (κ1) is 17.5. The molecule has 0 saturated carbocycles. The van der Waals surface area contributed by atoms with Gasteiger partial charge in [-0.3, -0.25) is 4.79 Å². The third-order valence-electron chi connectivity index (χ3n) is 5.08. The Morgan fingerprint density at radius 1 is 1.00 bits per heavy atom. The van der Waals surface area contributed by atoms with E-state index in [-0.39, 0.29) is 11.8 Å². The van der Waals surface area contributed by atoms with Crippen LogP contribution >= 0.6 is 0 Å². The molecule has 5 heteroatoms. The molecule has 1 aliphatic rings. The minimum atomic E-state index is -0.0311. The zero-order chi connectivity index (χ0) is 18.6. The van der Waals surface area contributed by atoms with Crippen molar-refractivity contribution in [2.24, 2.45) is 0 Å². The number of para-hydroxylation sites is 2. The summed E-state index contributed by atoms with van der Waals surface area (Å²) in [4.78, 5) is 24.4. The van der Waals surface area contributed by atoms with Crippen LogP contribution in [0.5, 0.6) is 0 Å². The number of anilines is 2. The summed E-state index contributed by atoms with van der Waals surface area (Å²) in [5, 5.41) is 3.03. The number of aromatic nitrogens is 2. The molecule has 1 aromatic heterocycles. The van der Waals surface area contributed by atoms with E-state index in [1.165, 1.54) is 0 Å². The molecule has 1 amide bonds. The Labute approximate surface area is 159 Å². The molecule has 2 aromatic carbocycles. The first-order valence-electron chi connectivity index (χ1n) is 9.57. The van der Waals surface area contributed by atoms with Gasteiger partial charge in [0.2, 0.25) is 5.91 Å². The maximum atomic E-state index is 12.7. The van der Waals surface area contributed by atoms with Crippen molar-refractivity contribution in [2.75, 3.05) is 23.3 Å². The van der Waals surface area contributed by atoms with Gasteiger partial charge in [0.25, 0.3) is 0 Å². The molecule has 27 heavy (non-hydrogen) atoms. The SMILES string of the molecule is CC(CC(=O)Nc1nc2ccccc2nc1N1CCCC1)c1ccccc1. The molecule has 1 unspecified atom stereocenters. The van der Waals surface area contributed by atoms with Crippen LogP contribution in [0.2, 0.25) is 0 Å². The van der Waals surface area contributed by atoms with Crippen molar-refractivity contribution in [1.29, 1.82) is 0 Å². The number of nitrogens with zero attached hydrogens (tertiary/aromatic N) is 3. The van der Waals surface area contributed by atoms with Gasteiger partial charge in [-0.2, -0.15) is 0 Å². The molecule has 1 N–H and O–H groups in total. The van der Waals surface area contributed by atoms with E-state index in [1.54, 1.807) is 0 Å². The van der Waals surface area contributed by atoms with E-state index in [0.717, 1.165) is 48.3 Å². The van der Waals surface area contributed by atoms with E-state index in [1.807, 2.05) is 42.5 Å². The van der Waals surface area contributed by atoms with E-state index in [4.69, 9.17) is 9.97 Å². The topological polar surface area (TPSA) is 58.1 Å². The molecule has 0 aliphatic carbocycles. The lowest BCUT2D eigenvalue weighted by Crippen LogP contribution is -2.23. The van der Waals surface area contributed by atoms with Crippen molar-refractivity contribution in [3.05, 3.63) is 60.2 Å². The average molecular weight is 360 g/mol. The van der Waals surface area contributed by atoms with Crippen molar-refractivity contribution >= 4 is 28.6 Å². The minimum absolute atomic E-state index is 0.0311. The number of hydrogen-bond donors (Lipinski definition) is 1. The predicted molar refractivity (Wildman–Crippen MR) is 109 cm³/mol. The fraction of sp³-hybridized carbons (Fsp3) is 0.318. The normalized spacial score (nSPS) is 15.1. The van der Waals surface area contributed by atoms with Gasteiger partial charge in [-0.1, -0.05) is 49.4 Å². The average Bonchev–Trinajstić information content (AvgIpc) is 3.22.